The van der Waals surface area contributed by atoms with Gasteiger partial charge in [0.2, 0.25) is 0 Å². The number of hydrogen-bond acceptors (Lipinski definition) is 5. The number of hydrogen-bond donors (Lipinski definition) is 1. The van der Waals surface area contributed by atoms with E-state index in [-0.39, 0.29) is 24.0 Å². The summed E-state index contributed by atoms with van der Waals surface area (Å²) < 4.78 is 11.2. The summed E-state index contributed by atoms with van der Waals surface area (Å²) in [5, 5.41) is 2.89. The van der Waals surface area contributed by atoms with E-state index in [9.17, 15) is 9.59 Å². The van der Waals surface area contributed by atoms with Crippen LogP contribution in [0, 0.1) is 0 Å². The van der Waals surface area contributed by atoms with Crippen LogP contribution < -0.4 is 14.8 Å². The number of amides is 3. The van der Waals surface area contributed by atoms with E-state index in [1.807, 2.05) is 54.4 Å². The van der Waals surface area contributed by atoms with Crippen molar-refractivity contribution in [1.29, 1.82) is 0 Å². The number of urea groups is 1. The molecule has 170 valence electrons. The largest absolute Gasteiger partial charge is 0.486 e. The molecule has 0 spiro atoms. The molecule has 2 heterocycles. The molecule has 0 saturated carbocycles. The molecule has 0 aliphatic carbocycles. The van der Waals surface area contributed by atoms with Crippen molar-refractivity contribution in [2.45, 2.75) is 45.2 Å². The lowest BCUT2D eigenvalue weighted by molar-refractivity contribution is -0.132. The normalized spacial score (nSPS) is 20.6. The number of nitrogens with zero attached hydrogens (tertiary/aromatic N) is 2. The lowest BCUT2D eigenvalue weighted by Gasteiger charge is -2.26. The maximum absolute atomic E-state index is 13.3. The van der Waals surface area contributed by atoms with Gasteiger partial charge in [0.25, 0.3) is 5.91 Å². The fraction of sp³-hybridized carbons (Fsp3) is 0.440. The first-order valence-electron chi connectivity index (χ1n) is 10.9. The van der Waals surface area contributed by atoms with Crippen LogP contribution in [0.5, 0.6) is 11.5 Å². The van der Waals surface area contributed by atoms with Crippen LogP contribution in [-0.2, 0) is 22.3 Å². The van der Waals surface area contributed by atoms with Crippen LogP contribution in [0.3, 0.4) is 0 Å². The van der Waals surface area contributed by atoms with Crippen LogP contribution in [0.2, 0.25) is 0 Å². The molecule has 4 rings (SSSR count). The summed E-state index contributed by atoms with van der Waals surface area (Å²) in [7, 11) is 1.88. The van der Waals surface area contributed by atoms with Gasteiger partial charge in [0.05, 0.1) is 6.67 Å². The van der Waals surface area contributed by atoms with Crippen molar-refractivity contribution < 1.29 is 19.1 Å². The van der Waals surface area contributed by atoms with Gasteiger partial charge in [0.1, 0.15) is 18.8 Å². The highest BCUT2D eigenvalue weighted by atomic mass is 16.6. The van der Waals surface area contributed by atoms with E-state index < -0.39 is 5.54 Å². The Bertz CT molecular complexity index is 1030. The van der Waals surface area contributed by atoms with Gasteiger partial charge in [0, 0.05) is 6.54 Å². The summed E-state index contributed by atoms with van der Waals surface area (Å²) in [6, 6.07) is 13.3. The Balaban J connectivity index is 1.45. The second kappa shape index (κ2) is 8.13. The minimum Gasteiger partial charge on any atom is -0.486 e. The van der Waals surface area contributed by atoms with Crippen molar-refractivity contribution in [3.05, 3.63) is 59.2 Å². The zero-order chi connectivity index (χ0) is 23.1. The summed E-state index contributed by atoms with van der Waals surface area (Å²) >= 11 is 0. The summed E-state index contributed by atoms with van der Waals surface area (Å²) in [5.41, 5.74) is 1.92. The van der Waals surface area contributed by atoms with Crippen LogP contribution >= 0.6 is 0 Å². The van der Waals surface area contributed by atoms with E-state index in [1.165, 1.54) is 10.5 Å². The molecule has 0 bridgehead atoms. The topological polar surface area (TPSA) is 71.1 Å². The lowest BCUT2D eigenvalue weighted by Crippen LogP contribution is -2.42. The molecule has 1 atom stereocenters. The second-order valence-corrected chi connectivity index (χ2v) is 9.75. The minimum atomic E-state index is -1.08. The third kappa shape index (κ3) is 4.17. The summed E-state index contributed by atoms with van der Waals surface area (Å²) in [4.78, 5) is 29.2. The van der Waals surface area contributed by atoms with Crippen molar-refractivity contribution in [3.8, 4) is 11.5 Å². The van der Waals surface area contributed by atoms with Crippen molar-refractivity contribution in [1.82, 2.24) is 15.1 Å². The molecule has 0 unspecified atom stereocenters. The Morgan fingerprint density at radius 1 is 1.03 bits per heavy atom. The summed E-state index contributed by atoms with van der Waals surface area (Å²) in [6.45, 7) is 10.0. The van der Waals surface area contributed by atoms with Crippen molar-refractivity contribution >= 4 is 11.9 Å². The van der Waals surface area contributed by atoms with Crippen molar-refractivity contribution in [3.63, 3.8) is 0 Å². The van der Waals surface area contributed by atoms with E-state index in [2.05, 4.69) is 26.1 Å². The first-order valence-corrected chi connectivity index (χ1v) is 10.9. The lowest BCUT2D eigenvalue weighted by atomic mass is 9.84. The Hall–Kier alpha value is -3.06. The van der Waals surface area contributed by atoms with Crippen LogP contribution in [0.15, 0.2) is 42.5 Å². The predicted octanol–water partition coefficient (Wildman–Crippen LogP) is 3.61. The Morgan fingerprint density at radius 2 is 1.69 bits per heavy atom. The molecule has 0 radical (unpaired) electrons. The monoisotopic (exact) mass is 437 g/mol. The fourth-order valence-electron chi connectivity index (χ4n) is 4.11. The molecule has 1 saturated heterocycles. The van der Waals surface area contributed by atoms with Crippen molar-refractivity contribution in [2.75, 3.05) is 26.9 Å². The molecule has 2 aromatic rings. The molecule has 2 aromatic carbocycles. The predicted molar refractivity (Wildman–Crippen MR) is 122 cm³/mol. The van der Waals surface area contributed by atoms with E-state index in [0.717, 1.165) is 22.6 Å². The van der Waals surface area contributed by atoms with Gasteiger partial charge in [-0.2, -0.15) is 0 Å². The van der Waals surface area contributed by atoms with E-state index >= 15 is 0 Å². The summed E-state index contributed by atoms with van der Waals surface area (Å²) in [5.74, 6) is 1.22. The Kier molecular flexibility index (Phi) is 5.63. The van der Waals surface area contributed by atoms with Crippen molar-refractivity contribution in [2.24, 2.45) is 0 Å². The standard InChI is InChI=1S/C25H31N3O4/c1-24(2,3)18-7-9-19(10-8-18)25(4)22(29)28(23(30)26-25)16-27(5)15-17-6-11-20-21(14-17)32-13-12-31-20/h6-11,14H,12-13,15-16H2,1-5H3,(H,26,30)/t25-/m1/s1. The molecular weight excluding hydrogens is 406 g/mol. The molecule has 2 aliphatic rings. The second-order valence-electron chi connectivity index (χ2n) is 9.75. The number of benzene rings is 2. The molecule has 1 fully saturated rings. The number of imide groups is 1. The first kappa shape index (κ1) is 22.1. The van der Waals surface area contributed by atoms with Crippen LogP contribution in [0.4, 0.5) is 4.79 Å². The van der Waals surface area contributed by atoms with Gasteiger partial charge in [-0.1, -0.05) is 51.1 Å². The molecule has 7 nitrogen and oxygen atoms in total. The van der Waals surface area contributed by atoms with E-state index in [4.69, 9.17) is 9.47 Å². The number of carbonyl (C=O) groups is 2. The first-order chi connectivity index (χ1) is 15.1. The van der Waals surface area contributed by atoms with Gasteiger partial charge >= 0.3 is 6.03 Å². The third-order valence-corrected chi connectivity index (χ3v) is 6.05. The Labute approximate surface area is 189 Å². The highest BCUT2D eigenvalue weighted by molar-refractivity contribution is 6.07. The number of carbonyl (C=O) groups excluding carboxylic acids is 2. The van der Waals surface area contributed by atoms with Gasteiger partial charge in [0.15, 0.2) is 11.5 Å². The fourth-order valence-corrected chi connectivity index (χ4v) is 4.11. The molecule has 2 aliphatic heterocycles. The minimum absolute atomic E-state index is 0.0188. The van der Waals surface area contributed by atoms with Gasteiger partial charge in [-0.05, 0) is 48.2 Å². The molecule has 7 heteroatoms. The number of nitrogens with one attached hydrogen (secondary N) is 1. The quantitative estimate of drug-likeness (QED) is 0.724. The van der Waals surface area contributed by atoms with Gasteiger partial charge in [-0.25, -0.2) is 9.69 Å². The summed E-state index contributed by atoms with van der Waals surface area (Å²) in [6.07, 6.45) is 0. The highest BCUT2D eigenvalue weighted by Gasteiger charge is 2.49. The molecule has 1 N–H and O–H groups in total. The van der Waals surface area contributed by atoms with E-state index in [0.29, 0.717) is 19.8 Å². The Morgan fingerprint density at radius 3 is 2.34 bits per heavy atom. The molecular formula is C25H31N3O4. The van der Waals surface area contributed by atoms with Crippen LogP contribution in [-0.4, -0.2) is 48.7 Å². The average Bonchev–Trinajstić information content (AvgIpc) is 2.97. The van der Waals surface area contributed by atoms with Gasteiger partial charge in [-0.15, -0.1) is 0 Å². The van der Waals surface area contributed by atoms with E-state index in [1.54, 1.807) is 6.92 Å². The third-order valence-electron chi connectivity index (χ3n) is 6.05. The number of rotatable bonds is 5. The average molecular weight is 438 g/mol. The molecule has 0 aromatic heterocycles. The smallest absolute Gasteiger partial charge is 0.326 e. The zero-order valence-corrected chi connectivity index (χ0v) is 19.4. The van der Waals surface area contributed by atoms with Gasteiger partial charge < -0.3 is 14.8 Å². The molecule has 3 amide bonds. The number of ether oxygens (including phenoxy) is 2. The van der Waals surface area contributed by atoms with Gasteiger partial charge in [-0.3, -0.25) is 9.69 Å². The highest BCUT2D eigenvalue weighted by Crippen LogP contribution is 2.33. The maximum Gasteiger partial charge on any atom is 0.326 e. The maximum atomic E-state index is 13.3. The SMILES string of the molecule is CN(Cc1ccc2c(c1)OCCO2)CN1C(=O)N[C@](C)(c2ccc(C(C)(C)C)cc2)C1=O. The van der Waals surface area contributed by atoms with Crippen LogP contribution in [0.1, 0.15) is 44.4 Å². The zero-order valence-electron chi connectivity index (χ0n) is 19.4. The number of fused-ring (bicyclic) bond motifs is 1. The van der Waals surface area contributed by atoms with Crippen LogP contribution in [0.25, 0.3) is 0 Å². The molecule has 32 heavy (non-hydrogen) atoms.